The molecule has 0 aromatic heterocycles. The van der Waals surface area contributed by atoms with Gasteiger partial charge in [0.25, 0.3) is 5.91 Å². The van der Waals surface area contributed by atoms with E-state index in [4.69, 9.17) is 4.74 Å². The van der Waals surface area contributed by atoms with Crippen molar-refractivity contribution >= 4 is 11.7 Å². The molecule has 0 atom stereocenters. The summed E-state index contributed by atoms with van der Waals surface area (Å²) in [5.74, 6) is 0.487. The Kier molecular flexibility index (Phi) is 7.43. The number of carbonyl (C=O) groups excluding carboxylic acids is 2. The molecule has 1 amide bonds. The molecule has 1 N–H and O–H groups in total. The standard InChI is InChI=1S/C20H27NO3/c1-6-15(2)8-7-9-17(22)14-24-18-12-10-16(11-13-18)19(23)21-20(3,4)5/h6,8,10-13H,1,7,9,14H2,2-5H3,(H,21,23)/b15-8-. The Labute approximate surface area is 144 Å². The second kappa shape index (κ2) is 9.06. The minimum absolute atomic E-state index is 0.0362. The van der Waals surface area contributed by atoms with E-state index in [-0.39, 0.29) is 23.8 Å². The van der Waals surface area contributed by atoms with Crippen LogP contribution in [0.1, 0.15) is 50.9 Å². The molecule has 0 aliphatic carbocycles. The molecule has 0 heterocycles. The summed E-state index contributed by atoms with van der Waals surface area (Å²) in [7, 11) is 0. The van der Waals surface area contributed by atoms with Crippen LogP contribution >= 0.6 is 0 Å². The first-order chi connectivity index (χ1) is 11.2. The zero-order valence-electron chi connectivity index (χ0n) is 15.0. The number of amides is 1. The lowest BCUT2D eigenvalue weighted by Gasteiger charge is -2.20. The molecule has 0 aliphatic heterocycles. The van der Waals surface area contributed by atoms with Crippen molar-refractivity contribution in [3.63, 3.8) is 0 Å². The van der Waals surface area contributed by atoms with E-state index in [0.29, 0.717) is 24.2 Å². The van der Waals surface area contributed by atoms with Crippen LogP contribution in [0.5, 0.6) is 5.75 Å². The van der Waals surface area contributed by atoms with Crippen LogP contribution in [0.25, 0.3) is 0 Å². The molecule has 0 bridgehead atoms. The van der Waals surface area contributed by atoms with E-state index in [2.05, 4.69) is 11.9 Å². The number of benzene rings is 1. The fourth-order valence-electron chi connectivity index (χ4n) is 1.90. The Morgan fingerprint density at radius 1 is 1.21 bits per heavy atom. The van der Waals surface area contributed by atoms with Gasteiger partial charge >= 0.3 is 0 Å². The molecule has 0 saturated heterocycles. The molecule has 1 aromatic rings. The maximum absolute atomic E-state index is 12.0. The van der Waals surface area contributed by atoms with Crippen molar-refractivity contribution in [1.82, 2.24) is 5.32 Å². The van der Waals surface area contributed by atoms with Gasteiger partial charge in [-0.15, -0.1) is 0 Å². The van der Waals surface area contributed by atoms with Crippen molar-refractivity contribution in [2.24, 2.45) is 0 Å². The lowest BCUT2D eigenvalue weighted by Crippen LogP contribution is -2.40. The first-order valence-corrected chi connectivity index (χ1v) is 8.07. The molecule has 1 aromatic carbocycles. The molecule has 4 nitrogen and oxygen atoms in total. The number of hydrogen-bond acceptors (Lipinski definition) is 3. The molecular formula is C20H27NO3. The van der Waals surface area contributed by atoms with E-state index in [0.717, 1.165) is 5.57 Å². The molecule has 0 aliphatic rings. The second-order valence-electron chi connectivity index (χ2n) is 6.75. The largest absolute Gasteiger partial charge is 0.486 e. The highest BCUT2D eigenvalue weighted by Crippen LogP contribution is 2.13. The van der Waals surface area contributed by atoms with Crippen molar-refractivity contribution < 1.29 is 14.3 Å². The maximum atomic E-state index is 12.0. The van der Waals surface area contributed by atoms with Crippen LogP contribution < -0.4 is 10.1 Å². The Morgan fingerprint density at radius 3 is 2.38 bits per heavy atom. The van der Waals surface area contributed by atoms with Crippen molar-refractivity contribution in [1.29, 1.82) is 0 Å². The van der Waals surface area contributed by atoms with Gasteiger partial charge in [-0.2, -0.15) is 0 Å². The van der Waals surface area contributed by atoms with Crippen LogP contribution in [0.15, 0.2) is 48.6 Å². The van der Waals surface area contributed by atoms with E-state index in [1.54, 1.807) is 30.3 Å². The number of allylic oxidation sites excluding steroid dienone is 3. The van der Waals surface area contributed by atoms with Gasteiger partial charge in [-0.25, -0.2) is 0 Å². The number of hydrogen-bond donors (Lipinski definition) is 1. The van der Waals surface area contributed by atoms with Gasteiger partial charge in [-0.05, 0) is 58.4 Å². The Hall–Kier alpha value is -2.36. The molecule has 0 unspecified atom stereocenters. The highest BCUT2D eigenvalue weighted by Gasteiger charge is 2.15. The molecule has 4 heteroatoms. The Morgan fingerprint density at radius 2 is 1.83 bits per heavy atom. The summed E-state index contributed by atoms with van der Waals surface area (Å²) >= 11 is 0. The van der Waals surface area contributed by atoms with Gasteiger partial charge in [0.05, 0.1) is 0 Å². The lowest BCUT2D eigenvalue weighted by atomic mass is 10.1. The highest BCUT2D eigenvalue weighted by molar-refractivity contribution is 5.94. The number of rotatable bonds is 8. The number of nitrogens with one attached hydrogen (secondary N) is 1. The lowest BCUT2D eigenvalue weighted by molar-refractivity contribution is -0.120. The highest BCUT2D eigenvalue weighted by atomic mass is 16.5. The van der Waals surface area contributed by atoms with Crippen molar-refractivity contribution in [2.45, 2.75) is 46.1 Å². The summed E-state index contributed by atoms with van der Waals surface area (Å²) in [4.78, 5) is 23.8. The van der Waals surface area contributed by atoms with Crippen molar-refractivity contribution in [2.75, 3.05) is 6.61 Å². The van der Waals surface area contributed by atoms with Crippen molar-refractivity contribution in [3.05, 3.63) is 54.1 Å². The van der Waals surface area contributed by atoms with E-state index >= 15 is 0 Å². The van der Waals surface area contributed by atoms with Gasteiger partial charge in [-0.3, -0.25) is 9.59 Å². The second-order valence-corrected chi connectivity index (χ2v) is 6.75. The van der Waals surface area contributed by atoms with Crippen LogP contribution in [0.4, 0.5) is 0 Å². The van der Waals surface area contributed by atoms with Crippen LogP contribution in [0.3, 0.4) is 0 Å². The SMILES string of the molecule is C=C/C(C)=C\CCC(=O)COc1ccc(C(=O)NC(C)(C)C)cc1. The summed E-state index contributed by atoms with van der Waals surface area (Å²) in [5.41, 5.74) is 1.35. The average Bonchev–Trinajstić information content (AvgIpc) is 2.51. The molecule has 0 spiro atoms. The molecule has 24 heavy (non-hydrogen) atoms. The van der Waals surface area contributed by atoms with Crippen LogP contribution in [0.2, 0.25) is 0 Å². The molecular weight excluding hydrogens is 302 g/mol. The predicted octanol–water partition coefficient (Wildman–Crippen LogP) is 4.08. The predicted molar refractivity (Wildman–Crippen MR) is 97.4 cm³/mol. The van der Waals surface area contributed by atoms with Crippen LogP contribution in [-0.4, -0.2) is 23.8 Å². The fourth-order valence-corrected chi connectivity index (χ4v) is 1.90. The molecule has 0 fully saturated rings. The third-order valence-corrected chi connectivity index (χ3v) is 3.22. The number of Topliss-reactive ketones (excluding diaryl/α,β-unsaturated/α-hetero) is 1. The minimum Gasteiger partial charge on any atom is -0.486 e. The number of ketones is 1. The third-order valence-electron chi connectivity index (χ3n) is 3.22. The minimum atomic E-state index is -0.281. The first kappa shape index (κ1) is 19.7. The third kappa shape index (κ3) is 7.77. The summed E-state index contributed by atoms with van der Waals surface area (Å²) in [6.45, 7) is 11.4. The van der Waals surface area contributed by atoms with Gasteiger partial charge < -0.3 is 10.1 Å². The topological polar surface area (TPSA) is 55.4 Å². The van der Waals surface area contributed by atoms with E-state index in [9.17, 15) is 9.59 Å². The van der Waals surface area contributed by atoms with Crippen LogP contribution in [0, 0.1) is 0 Å². The van der Waals surface area contributed by atoms with Crippen molar-refractivity contribution in [3.8, 4) is 5.75 Å². The smallest absolute Gasteiger partial charge is 0.251 e. The Bertz CT molecular complexity index is 607. The monoisotopic (exact) mass is 329 g/mol. The van der Waals surface area contributed by atoms with Gasteiger partial charge in [0.1, 0.15) is 12.4 Å². The van der Waals surface area contributed by atoms with Gasteiger partial charge in [0, 0.05) is 17.5 Å². The van der Waals surface area contributed by atoms with Crippen LogP contribution in [-0.2, 0) is 4.79 Å². The van der Waals surface area contributed by atoms with E-state index < -0.39 is 0 Å². The number of ether oxygens (including phenoxy) is 1. The molecule has 1 rings (SSSR count). The zero-order chi connectivity index (χ0) is 18.2. The summed E-state index contributed by atoms with van der Waals surface area (Å²) < 4.78 is 5.47. The van der Waals surface area contributed by atoms with Gasteiger partial charge in [-0.1, -0.05) is 24.3 Å². The summed E-state index contributed by atoms with van der Waals surface area (Å²) in [6.07, 6.45) is 4.87. The maximum Gasteiger partial charge on any atom is 0.251 e. The van der Waals surface area contributed by atoms with Gasteiger partial charge in [0.2, 0.25) is 0 Å². The first-order valence-electron chi connectivity index (χ1n) is 8.07. The molecule has 130 valence electrons. The molecule has 0 saturated carbocycles. The quantitative estimate of drug-likeness (QED) is 0.731. The Balaban J connectivity index is 2.46. The number of carbonyl (C=O) groups is 2. The summed E-state index contributed by atoms with van der Waals surface area (Å²) in [6, 6.07) is 6.79. The van der Waals surface area contributed by atoms with Gasteiger partial charge in [0.15, 0.2) is 5.78 Å². The zero-order valence-corrected chi connectivity index (χ0v) is 15.0. The fraction of sp³-hybridized carbons (Fsp3) is 0.400. The normalized spacial score (nSPS) is 11.8. The van der Waals surface area contributed by atoms with E-state index in [1.807, 2.05) is 33.8 Å². The molecule has 0 radical (unpaired) electrons. The summed E-state index contributed by atoms with van der Waals surface area (Å²) in [5, 5.41) is 2.90. The van der Waals surface area contributed by atoms with E-state index in [1.165, 1.54) is 0 Å². The average molecular weight is 329 g/mol.